The third-order valence-corrected chi connectivity index (χ3v) is 4.18. The highest BCUT2D eigenvalue weighted by atomic mass is 16.5. The van der Waals surface area contributed by atoms with Gasteiger partial charge in [0.15, 0.2) is 0 Å². The Morgan fingerprint density at radius 2 is 1.78 bits per heavy atom. The van der Waals surface area contributed by atoms with Crippen molar-refractivity contribution >= 4 is 10.8 Å². The van der Waals surface area contributed by atoms with Gasteiger partial charge in [0, 0.05) is 12.2 Å². The molecule has 2 aliphatic carbocycles. The molecule has 0 heterocycles. The molecule has 120 valence electrons. The van der Waals surface area contributed by atoms with E-state index in [9.17, 15) is 0 Å². The van der Waals surface area contributed by atoms with Crippen molar-refractivity contribution in [2.24, 2.45) is 0 Å². The highest BCUT2D eigenvalue weighted by Crippen LogP contribution is 2.41. The Hall–Kier alpha value is -2.06. The van der Waals surface area contributed by atoms with Crippen LogP contribution in [0.25, 0.3) is 21.9 Å². The summed E-state index contributed by atoms with van der Waals surface area (Å²) in [5, 5.41) is 2.51. The molecule has 23 heavy (non-hydrogen) atoms. The molecular formula is C21H24O2. The molecule has 0 saturated carbocycles. The summed E-state index contributed by atoms with van der Waals surface area (Å²) < 4.78 is 11.5. The molecular weight excluding hydrogens is 284 g/mol. The van der Waals surface area contributed by atoms with Gasteiger partial charge in [0.25, 0.3) is 0 Å². The van der Waals surface area contributed by atoms with E-state index in [1.807, 2.05) is 6.92 Å². The molecule has 0 aromatic heterocycles. The lowest BCUT2D eigenvalue weighted by Gasteiger charge is -2.08. The van der Waals surface area contributed by atoms with Gasteiger partial charge in [0.2, 0.25) is 0 Å². The van der Waals surface area contributed by atoms with Crippen LogP contribution in [-0.4, -0.2) is 19.8 Å². The summed E-state index contributed by atoms with van der Waals surface area (Å²) in [6.07, 6.45) is 0. The van der Waals surface area contributed by atoms with Gasteiger partial charge in [-0.1, -0.05) is 50.2 Å². The van der Waals surface area contributed by atoms with Crippen molar-refractivity contribution in [1.82, 2.24) is 0 Å². The fourth-order valence-electron chi connectivity index (χ4n) is 2.95. The van der Waals surface area contributed by atoms with Crippen LogP contribution in [0.15, 0.2) is 48.5 Å². The average molecular weight is 308 g/mol. The van der Waals surface area contributed by atoms with Gasteiger partial charge in [-0.25, -0.2) is 0 Å². The average Bonchev–Trinajstić information content (AvgIpc) is 2.80. The number of hydrogen-bond acceptors (Lipinski definition) is 2. The van der Waals surface area contributed by atoms with E-state index in [1.165, 1.54) is 27.5 Å². The van der Waals surface area contributed by atoms with Crippen LogP contribution in [0.3, 0.4) is 0 Å². The van der Waals surface area contributed by atoms with Gasteiger partial charge < -0.3 is 9.47 Å². The van der Waals surface area contributed by atoms with E-state index in [2.05, 4.69) is 62.4 Å². The van der Waals surface area contributed by atoms with Gasteiger partial charge in [-0.05, 0) is 46.9 Å². The summed E-state index contributed by atoms with van der Waals surface area (Å²) in [6.45, 7) is 8.35. The van der Waals surface area contributed by atoms with Crippen LogP contribution in [0, 0.1) is 0 Å². The minimum absolute atomic E-state index is 0.486. The quantitative estimate of drug-likeness (QED) is 0.561. The third-order valence-electron chi connectivity index (χ3n) is 4.18. The van der Waals surface area contributed by atoms with Crippen molar-refractivity contribution in [2.45, 2.75) is 26.7 Å². The molecule has 0 unspecified atom stereocenters. The standard InChI is InChI=1S/C21H24O2/c1-4-22-11-12-23-20-10-9-16(15(2)3)13-18-14-17-7-5-6-8-19(17)21(18)20/h5-10,13-15H,4,11-12H2,1-3H3. The zero-order valence-electron chi connectivity index (χ0n) is 14.1. The Bertz CT molecular complexity index is 761. The number of hydrogen-bond donors (Lipinski definition) is 0. The van der Waals surface area contributed by atoms with E-state index in [0.717, 1.165) is 12.4 Å². The number of rotatable bonds is 6. The lowest BCUT2D eigenvalue weighted by Crippen LogP contribution is -2.06. The largest absolute Gasteiger partial charge is 0.491 e. The Labute approximate surface area is 138 Å². The van der Waals surface area contributed by atoms with Gasteiger partial charge in [-0.15, -0.1) is 0 Å². The Kier molecular flexibility index (Phi) is 4.82. The molecule has 0 bridgehead atoms. The second-order valence-electron chi connectivity index (χ2n) is 6.10. The first-order valence-corrected chi connectivity index (χ1v) is 8.36. The molecule has 1 aromatic carbocycles. The van der Waals surface area contributed by atoms with Gasteiger partial charge in [0.1, 0.15) is 12.4 Å². The zero-order valence-corrected chi connectivity index (χ0v) is 14.1. The van der Waals surface area contributed by atoms with Crippen LogP contribution >= 0.6 is 0 Å². The molecule has 0 spiro atoms. The highest BCUT2D eigenvalue weighted by molar-refractivity contribution is 6.04. The van der Waals surface area contributed by atoms with Crippen molar-refractivity contribution < 1.29 is 9.47 Å². The molecule has 3 rings (SSSR count). The smallest absolute Gasteiger partial charge is 0.127 e. The molecule has 0 atom stereocenters. The normalized spacial score (nSPS) is 11.5. The Morgan fingerprint density at radius 1 is 0.957 bits per heavy atom. The molecule has 0 aliphatic heterocycles. The summed E-state index contributed by atoms with van der Waals surface area (Å²) in [5.41, 5.74) is 3.76. The molecule has 0 saturated heterocycles. The van der Waals surface area contributed by atoms with E-state index < -0.39 is 0 Å². The van der Waals surface area contributed by atoms with Crippen molar-refractivity contribution in [3.8, 4) is 16.9 Å². The molecule has 0 amide bonds. The van der Waals surface area contributed by atoms with Crippen LogP contribution in [0.4, 0.5) is 0 Å². The lowest BCUT2D eigenvalue weighted by molar-refractivity contribution is 0.110. The minimum Gasteiger partial charge on any atom is -0.491 e. The first kappa shape index (κ1) is 15.8. The van der Waals surface area contributed by atoms with Gasteiger partial charge in [0.05, 0.1) is 6.61 Å². The Morgan fingerprint density at radius 3 is 2.57 bits per heavy atom. The van der Waals surface area contributed by atoms with Crippen LogP contribution < -0.4 is 4.74 Å². The predicted octanol–water partition coefficient (Wildman–Crippen LogP) is 5.48. The summed E-state index contributed by atoms with van der Waals surface area (Å²) in [5.74, 6) is 1.42. The van der Waals surface area contributed by atoms with Crippen LogP contribution in [0.2, 0.25) is 0 Å². The molecule has 0 N–H and O–H groups in total. The van der Waals surface area contributed by atoms with E-state index in [-0.39, 0.29) is 0 Å². The SMILES string of the molecule is CCOCCOc1ccc(C(C)C)cc2cc3ccccc3c1-2. The molecule has 0 fully saturated rings. The second kappa shape index (κ2) is 7.01. The van der Waals surface area contributed by atoms with Crippen molar-refractivity contribution in [3.63, 3.8) is 0 Å². The lowest BCUT2D eigenvalue weighted by atomic mass is 10.0. The van der Waals surface area contributed by atoms with Gasteiger partial charge in [-0.2, -0.15) is 0 Å². The van der Waals surface area contributed by atoms with E-state index >= 15 is 0 Å². The highest BCUT2D eigenvalue weighted by Gasteiger charge is 2.15. The van der Waals surface area contributed by atoms with Crippen LogP contribution in [-0.2, 0) is 4.74 Å². The van der Waals surface area contributed by atoms with Gasteiger partial charge in [-0.3, -0.25) is 0 Å². The fraction of sp³-hybridized carbons (Fsp3) is 0.333. The van der Waals surface area contributed by atoms with Gasteiger partial charge >= 0.3 is 0 Å². The number of fused-ring (bicyclic) bond motifs is 3. The summed E-state index contributed by atoms with van der Waals surface area (Å²) in [6, 6.07) is 17.3. The maximum absolute atomic E-state index is 6.06. The van der Waals surface area contributed by atoms with Crippen molar-refractivity contribution in [1.29, 1.82) is 0 Å². The minimum atomic E-state index is 0.486. The Balaban J connectivity index is 2.09. The van der Waals surface area contributed by atoms with Crippen molar-refractivity contribution in [3.05, 3.63) is 54.1 Å². The molecule has 1 aromatic rings. The topological polar surface area (TPSA) is 18.5 Å². The van der Waals surface area contributed by atoms with E-state index in [4.69, 9.17) is 9.47 Å². The molecule has 2 heteroatoms. The number of ether oxygens (including phenoxy) is 2. The molecule has 2 nitrogen and oxygen atoms in total. The molecule has 2 aliphatic rings. The monoisotopic (exact) mass is 308 g/mol. The third kappa shape index (κ3) is 3.32. The van der Waals surface area contributed by atoms with E-state index in [1.54, 1.807) is 0 Å². The maximum atomic E-state index is 6.06. The maximum Gasteiger partial charge on any atom is 0.127 e. The first-order chi connectivity index (χ1) is 11.2. The van der Waals surface area contributed by atoms with E-state index in [0.29, 0.717) is 19.1 Å². The van der Waals surface area contributed by atoms with Crippen LogP contribution in [0.1, 0.15) is 32.3 Å². The predicted molar refractivity (Wildman–Crippen MR) is 96.6 cm³/mol. The number of benzene rings is 1. The van der Waals surface area contributed by atoms with Crippen molar-refractivity contribution in [2.75, 3.05) is 19.8 Å². The fourth-order valence-corrected chi connectivity index (χ4v) is 2.95. The molecule has 0 radical (unpaired) electrons. The summed E-state index contributed by atoms with van der Waals surface area (Å²) in [7, 11) is 0. The zero-order chi connectivity index (χ0) is 16.2. The summed E-state index contributed by atoms with van der Waals surface area (Å²) >= 11 is 0. The first-order valence-electron chi connectivity index (χ1n) is 8.36. The summed E-state index contributed by atoms with van der Waals surface area (Å²) in [4.78, 5) is 0. The van der Waals surface area contributed by atoms with Crippen LogP contribution in [0.5, 0.6) is 5.75 Å². The second-order valence-corrected chi connectivity index (χ2v) is 6.10.